The van der Waals surface area contributed by atoms with Crippen LogP contribution in [0.3, 0.4) is 0 Å². The molecule has 1 aromatic heterocycles. The second-order valence-electron chi connectivity index (χ2n) is 4.29. The highest BCUT2D eigenvalue weighted by atomic mass is 31.2. The van der Waals surface area contributed by atoms with E-state index in [1.807, 2.05) is 4.98 Å². The molecule has 0 amide bonds. The summed E-state index contributed by atoms with van der Waals surface area (Å²) in [6, 6.07) is 1.24. The zero-order valence-electron chi connectivity index (χ0n) is 13.3. The van der Waals surface area contributed by atoms with Gasteiger partial charge in [0.25, 0.3) is 5.56 Å². The Morgan fingerprint density at radius 3 is 1.85 bits per heavy atom. The summed E-state index contributed by atoms with van der Waals surface area (Å²) < 4.78 is 22.3. The maximum atomic E-state index is 10.2. The Labute approximate surface area is 151 Å². The summed E-state index contributed by atoms with van der Waals surface area (Å²) >= 11 is 0. The van der Waals surface area contributed by atoms with Crippen molar-refractivity contribution in [1.82, 2.24) is 9.97 Å². The highest BCUT2D eigenvalue weighted by Gasteiger charge is 2.29. The van der Waals surface area contributed by atoms with Crippen LogP contribution in [0.2, 0.25) is 0 Å². The van der Waals surface area contributed by atoms with Crippen molar-refractivity contribution in [2.24, 2.45) is 0 Å². The molecule has 1 heterocycles. The Bertz CT molecular complexity index is 655. The normalized spacial score (nSPS) is 16.9. The molecule has 15 nitrogen and oxygen atoms in total. The molecule has 0 aliphatic rings. The Balaban J connectivity index is 0. The maximum Gasteiger partial charge on any atom is 0.325 e. The first-order chi connectivity index (χ1) is 12.5. The highest BCUT2D eigenvalue weighted by Crippen LogP contribution is 2.30. The fraction of sp³-hybridized carbons (Fsp3) is 0.500. The van der Waals surface area contributed by atoms with Crippen molar-refractivity contribution in [3.63, 3.8) is 0 Å². The second kappa shape index (κ2) is 15.5. The van der Waals surface area contributed by atoms with Crippen molar-refractivity contribution in [3.05, 3.63) is 33.1 Å². The number of aldehydes is 1. The van der Waals surface area contributed by atoms with Gasteiger partial charge in [-0.05, 0) is 0 Å². The molecule has 1 aromatic rings. The first-order valence-electron chi connectivity index (χ1n) is 6.66. The zero-order valence-corrected chi connectivity index (χ0v) is 15.3. The van der Waals surface area contributed by atoms with E-state index in [-0.39, 0.29) is 11.8 Å². The smallest absolute Gasteiger partial charge is 0.325 e. The predicted octanol–water partition coefficient (Wildman–Crippen LogP) is -4.55. The molecule has 0 saturated heterocycles. The van der Waals surface area contributed by atoms with Crippen molar-refractivity contribution < 1.29 is 53.6 Å². The molecule has 9 N–H and O–H groups in total. The third-order valence-electron chi connectivity index (χ3n) is 2.28. The SMILES string of the molecule is O=CC(O)C(O)C(O)C(O)CO.O=[PH](O)O[PH](=O)O.O=c1cc[nH]c(=O)[nH]1. The number of aromatic amines is 2. The molecule has 0 aliphatic heterocycles. The quantitative estimate of drug-likeness (QED) is 0.143. The summed E-state index contributed by atoms with van der Waals surface area (Å²) in [7, 11) is -6.40. The fourth-order valence-corrected chi connectivity index (χ4v) is 1.67. The molecule has 1 rings (SSSR count). The second-order valence-corrected chi connectivity index (χ2v) is 6.17. The summed E-state index contributed by atoms with van der Waals surface area (Å²) in [4.78, 5) is 50.0. The van der Waals surface area contributed by atoms with E-state index in [1.165, 1.54) is 12.3 Å². The van der Waals surface area contributed by atoms with Gasteiger partial charge in [-0.3, -0.25) is 18.9 Å². The lowest BCUT2D eigenvalue weighted by atomic mass is 10.0. The molecule has 0 radical (unpaired) electrons. The summed E-state index contributed by atoms with van der Waals surface area (Å²) in [5.74, 6) is 0. The van der Waals surface area contributed by atoms with Gasteiger partial charge in [0.05, 0.1) is 6.61 Å². The van der Waals surface area contributed by atoms with Gasteiger partial charge in [-0.1, -0.05) is 0 Å². The lowest BCUT2D eigenvalue weighted by Gasteiger charge is -2.22. The molecule has 0 saturated carbocycles. The van der Waals surface area contributed by atoms with Gasteiger partial charge in [0, 0.05) is 12.3 Å². The van der Waals surface area contributed by atoms with Crippen LogP contribution in [0, 0.1) is 0 Å². The fourth-order valence-electron chi connectivity index (χ4n) is 1.08. The Kier molecular flexibility index (Phi) is 15.9. The Hall–Kier alpha value is -1.51. The largest absolute Gasteiger partial charge is 0.394 e. The van der Waals surface area contributed by atoms with E-state index >= 15 is 0 Å². The van der Waals surface area contributed by atoms with Crippen LogP contribution >= 0.6 is 16.5 Å². The first kappa shape index (κ1) is 27.7. The molecule has 6 unspecified atom stereocenters. The minimum atomic E-state index is -3.20. The topological polar surface area (TPSA) is 268 Å². The van der Waals surface area contributed by atoms with Gasteiger partial charge in [0.1, 0.15) is 24.4 Å². The average molecular weight is 438 g/mol. The van der Waals surface area contributed by atoms with Crippen LogP contribution in [0.1, 0.15) is 0 Å². The zero-order chi connectivity index (χ0) is 21.6. The van der Waals surface area contributed by atoms with E-state index in [9.17, 15) is 23.5 Å². The third kappa shape index (κ3) is 15.3. The highest BCUT2D eigenvalue weighted by molar-refractivity contribution is 7.46. The summed E-state index contributed by atoms with van der Waals surface area (Å²) in [6.07, 6.45) is -5.55. The van der Waals surface area contributed by atoms with Crippen LogP contribution in [0.25, 0.3) is 0 Å². The number of rotatable bonds is 7. The number of nitrogens with one attached hydrogen (secondary N) is 2. The Morgan fingerprint density at radius 1 is 1.07 bits per heavy atom. The van der Waals surface area contributed by atoms with E-state index in [2.05, 4.69) is 9.29 Å². The molecular weight excluding hydrogens is 418 g/mol. The maximum absolute atomic E-state index is 10.2. The average Bonchev–Trinajstić information content (AvgIpc) is 2.58. The van der Waals surface area contributed by atoms with E-state index in [1.54, 1.807) is 0 Å². The number of carbonyl (C=O) groups is 1. The number of hydrogen-bond donors (Lipinski definition) is 9. The molecule has 0 bridgehead atoms. The standard InChI is InChI=1S/C6H12O6.C4H4N2O2.H4O5P2/c7-1-3(9)5(11)6(12)4(10)2-8;7-3-1-2-5-4(8)6-3;1-6(2)5-7(3)4/h1,3-6,8-12H,2H2;1-2H,(H2,5,6,7,8);6-7H,(H,1,2)(H,3,4). The number of carbonyl (C=O) groups excluding carboxylic acids is 1. The number of hydrogen-bond acceptors (Lipinski definition) is 11. The van der Waals surface area contributed by atoms with Crippen LogP contribution in [-0.2, 0) is 18.2 Å². The molecule has 0 aliphatic carbocycles. The molecule has 158 valence electrons. The van der Waals surface area contributed by atoms with Gasteiger partial charge < -0.3 is 45.1 Å². The monoisotopic (exact) mass is 438 g/mol. The van der Waals surface area contributed by atoms with Gasteiger partial charge in [0.15, 0.2) is 6.29 Å². The number of aliphatic hydroxyl groups is 5. The summed E-state index contributed by atoms with van der Waals surface area (Å²) in [5, 5.41) is 43.5. The lowest BCUT2D eigenvalue weighted by molar-refractivity contribution is -0.136. The minimum Gasteiger partial charge on any atom is -0.394 e. The van der Waals surface area contributed by atoms with Gasteiger partial charge in [-0.2, -0.15) is 0 Å². The molecule has 27 heavy (non-hydrogen) atoms. The van der Waals surface area contributed by atoms with E-state index in [0.29, 0.717) is 0 Å². The molecular formula is C10H20N2O13P2. The van der Waals surface area contributed by atoms with E-state index in [0.717, 1.165) is 0 Å². The van der Waals surface area contributed by atoms with Crippen molar-refractivity contribution >= 4 is 22.8 Å². The summed E-state index contributed by atoms with van der Waals surface area (Å²) in [6.45, 7) is -0.760. The Morgan fingerprint density at radius 2 is 1.59 bits per heavy atom. The van der Waals surface area contributed by atoms with Crippen LogP contribution in [0.4, 0.5) is 0 Å². The van der Waals surface area contributed by atoms with Crippen molar-refractivity contribution in [2.45, 2.75) is 24.4 Å². The molecule has 0 spiro atoms. The van der Waals surface area contributed by atoms with Crippen molar-refractivity contribution in [1.29, 1.82) is 0 Å². The van der Waals surface area contributed by atoms with Crippen LogP contribution in [-0.4, -0.2) is 82.6 Å². The van der Waals surface area contributed by atoms with Crippen LogP contribution in [0.5, 0.6) is 0 Å². The minimum absolute atomic E-state index is 0.0258. The number of H-pyrrole nitrogens is 2. The summed E-state index contributed by atoms with van der Waals surface area (Å²) in [5.41, 5.74) is -0.855. The van der Waals surface area contributed by atoms with E-state index < -0.39 is 53.2 Å². The van der Waals surface area contributed by atoms with Gasteiger partial charge in [-0.25, -0.2) is 9.11 Å². The van der Waals surface area contributed by atoms with Gasteiger partial charge >= 0.3 is 22.2 Å². The lowest BCUT2D eigenvalue weighted by Crippen LogP contribution is -2.46. The van der Waals surface area contributed by atoms with Gasteiger partial charge in [-0.15, -0.1) is 0 Å². The van der Waals surface area contributed by atoms with Crippen molar-refractivity contribution in [2.75, 3.05) is 6.61 Å². The molecule has 17 heteroatoms. The van der Waals surface area contributed by atoms with Crippen LogP contribution < -0.4 is 11.2 Å². The first-order valence-corrected chi connectivity index (χ1v) is 9.19. The predicted molar refractivity (Wildman–Crippen MR) is 88.4 cm³/mol. The third-order valence-corrected chi connectivity index (χ3v) is 3.68. The van der Waals surface area contributed by atoms with Gasteiger partial charge in [0.2, 0.25) is 0 Å². The number of aliphatic hydroxyl groups excluding tert-OH is 5. The number of aromatic nitrogens is 2. The van der Waals surface area contributed by atoms with Crippen molar-refractivity contribution in [3.8, 4) is 0 Å². The molecule has 0 aromatic carbocycles. The van der Waals surface area contributed by atoms with E-state index in [4.69, 9.17) is 35.3 Å². The van der Waals surface area contributed by atoms with Crippen LogP contribution in [0.15, 0.2) is 21.9 Å². The molecule has 6 atom stereocenters. The molecule has 0 fully saturated rings.